The van der Waals surface area contributed by atoms with Crippen molar-refractivity contribution in [2.75, 3.05) is 0 Å². The largest absolute Gasteiger partial charge is 0.324 e. The van der Waals surface area contributed by atoms with Crippen LogP contribution in [0.25, 0.3) is 0 Å². The van der Waals surface area contributed by atoms with E-state index in [4.69, 9.17) is 28.9 Å². The van der Waals surface area contributed by atoms with Crippen LogP contribution < -0.4 is 5.73 Å². The number of hydrogen-bond donors (Lipinski definition) is 1. The third kappa shape index (κ3) is 3.11. The second kappa shape index (κ2) is 6.08. The van der Waals surface area contributed by atoms with Crippen LogP contribution in [0.15, 0.2) is 30.3 Å². The zero-order valence-corrected chi connectivity index (χ0v) is 12.3. The highest BCUT2D eigenvalue weighted by molar-refractivity contribution is 6.31. The van der Waals surface area contributed by atoms with Crippen molar-refractivity contribution >= 4 is 23.2 Å². The average molecular weight is 316 g/mol. The summed E-state index contributed by atoms with van der Waals surface area (Å²) in [6.07, 6.45) is 0.191. The summed E-state index contributed by atoms with van der Waals surface area (Å²) in [7, 11) is 0. The molecule has 0 heterocycles. The number of halogens is 4. The fourth-order valence-electron chi connectivity index (χ4n) is 2.02. The first-order valence-corrected chi connectivity index (χ1v) is 6.79. The van der Waals surface area contributed by atoms with E-state index in [1.807, 2.05) is 0 Å². The maximum atomic E-state index is 13.7. The van der Waals surface area contributed by atoms with E-state index in [0.29, 0.717) is 21.7 Å². The van der Waals surface area contributed by atoms with E-state index in [-0.39, 0.29) is 11.4 Å². The van der Waals surface area contributed by atoms with Crippen LogP contribution in [-0.2, 0) is 6.42 Å². The molecule has 0 fully saturated rings. The van der Waals surface area contributed by atoms with Crippen molar-refractivity contribution in [1.82, 2.24) is 0 Å². The van der Waals surface area contributed by atoms with Crippen molar-refractivity contribution in [2.45, 2.75) is 19.4 Å². The smallest absolute Gasteiger partial charge is 0.127 e. The predicted molar refractivity (Wildman–Crippen MR) is 78.2 cm³/mol. The molecule has 2 rings (SSSR count). The average Bonchev–Trinajstić information content (AvgIpc) is 2.38. The Morgan fingerprint density at radius 3 is 2.45 bits per heavy atom. The molecular formula is C15H13Cl2F2N. The molecule has 2 N–H and O–H groups in total. The van der Waals surface area contributed by atoms with Gasteiger partial charge in [-0.15, -0.1) is 0 Å². The molecule has 1 nitrogen and oxygen atoms in total. The Balaban J connectivity index is 2.33. The van der Waals surface area contributed by atoms with Gasteiger partial charge in [-0.1, -0.05) is 35.3 Å². The van der Waals surface area contributed by atoms with Gasteiger partial charge in [-0.25, -0.2) is 8.78 Å². The maximum absolute atomic E-state index is 13.7. The number of benzene rings is 2. The predicted octanol–water partition coefficient (Wildman–Crippen LogP) is 4.82. The van der Waals surface area contributed by atoms with Gasteiger partial charge in [0, 0.05) is 21.7 Å². The third-order valence-corrected chi connectivity index (χ3v) is 3.84. The number of hydrogen-bond acceptors (Lipinski definition) is 1. The molecule has 0 aliphatic heterocycles. The van der Waals surface area contributed by atoms with Crippen molar-refractivity contribution in [3.63, 3.8) is 0 Å². The topological polar surface area (TPSA) is 26.0 Å². The van der Waals surface area contributed by atoms with Gasteiger partial charge in [0.05, 0.1) is 0 Å². The van der Waals surface area contributed by atoms with E-state index < -0.39 is 17.7 Å². The van der Waals surface area contributed by atoms with Crippen LogP contribution in [0.2, 0.25) is 10.0 Å². The van der Waals surface area contributed by atoms with E-state index in [9.17, 15) is 8.78 Å². The van der Waals surface area contributed by atoms with E-state index in [2.05, 4.69) is 0 Å². The molecule has 0 aromatic heterocycles. The van der Waals surface area contributed by atoms with Gasteiger partial charge in [0.25, 0.3) is 0 Å². The molecule has 2 aromatic carbocycles. The van der Waals surface area contributed by atoms with Gasteiger partial charge < -0.3 is 5.73 Å². The number of nitrogens with two attached hydrogens (primary N) is 1. The zero-order valence-electron chi connectivity index (χ0n) is 10.8. The third-order valence-electron chi connectivity index (χ3n) is 3.16. The summed E-state index contributed by atoms with van der Waals surface area (Å²) in [6, 6.07) is 6.69. The molecule has 0 radical (unpaired) electrons. The molecule has 0 spiro atoms. The number of aryl methyl sites for hydroxylation is 1. The summed E-state index contributed by atoms with van der Waals surface area (Å²) in [5.74, 6) is -0.808. The number of rotatable bonds is 3. The lowest BCUT2D eigenvalue weighted by Crippen LogP contribution is -2.15. The quantitative estimate of drug-likeness (QED) is 0.863. The van der Waals surface area contributed by atoms with Crippen LogP contribution >= 0.6 is 23.2 Å². The zero-order chi connectivity index (χ0) is 14.9. The Hall–Kier alpha value is -1.16. The summed E-state index contributed by atoms with van der Waals surface area (Å²) in [4.78, 5) is 0. The molecule has 0 saturated heterocycles. The fourth-order valence-corrected chi connectivity index (χ4v) is 2.55. The molecule has 0 bridgehead atoms. The first kappa shape index (κ1) is 15.2. The van der Waals surface area contributed by atoms with Crippen molar-refractivity contribution < 1.29 is 8.78 Å². The molecule has 1 unspecified atom stereocenters. The van der Waals surface area contributed by atoms with Gasteiger partial charge >= 0.3 is 0 Å². The molecule has 0 aliphatic rings. The highest BCUT2D eigenvalue weighted by Crippen LogP contribution is 2.29. The maximum Gasteiger partial charge on any atom is 0.127 e. The highest BCUT2D eigenvalue weighted by Gasteiger charge is 2.17. The molecule has 0 aliphatic carbocycles. The van der Waals surface area contributed by atoms with Gasteiger partial charge in [-0.3, -0.25) is 0 Å². The highest BCUT2D eigenvalue weighted by atomic mass is 35.5. The lowest BCUT2D eigenvalue weighted by Gasteiger charge is -2.16. The summed E-state index contributed by atoms with van der Waals surface area (Å²) >= 11 is 12.0. The van der Waals surface area contributed by atoms with E-state index in [1.54, 1.807) is 19.1 Å². The van der Waals surface area contributed by atoms with Crippen LogP contribution in [0.5, 0.6) is 0 Å². The molecule has 2 aromatic rings. The Kier molecular flexibility index (Phi) is 4.63. The van der Waals surface area contributed by atoms with Crippen molar-refractivity contribution in [1.29, 1.82) is 0 Å². The lowest BCUT2D eigenvalue weighted by atomic mass is 9.97. The minimum Gasteiger partial charge on any atom is -0.324 e. The fraction of sp³-hybridized carbons (Fsp3) is 0.200. The Bertz CT molecular complexity index is 624. The van der Waals surface area contributed by atoms with Crippen molar-refractivity contribution in [2.24, 2.45) is 5.73 Å². The first-order chi connectivity index (χ1) is 9.40. The standard InChI is InChI=1S/C15H13Cl2F2N/c1-8-5-10(12(17)7-14(8)19)15(20)6-9-11(16)3-2-4-13(9)18/h2-5,7,15H,6,20H2,1H3. The second-order valence-corrected chi connectivity index (χ2v) is 5.45. The summed E-state index contributed by atoms with van der Waals surface area (Å²) in [5, 5.41) is 0.545. The van der Waals surface area contributed by atoms with E-state index in [0.717, 1.165) is 0 Å². The van der Waals surface area contributed by atoms with Gasteiger partial charge in [0.15, 0.2) is 0 Å². The summed E-state index contributed by atoms with van der Waals surface area (Å²) in [5.41, 5.74) is 7.40. The Labute approximate surface area is 126 Å². The lowest BCUT2D eigenvalue weighted by molar-refractivity contribution is 0.591. The van der Waals surface area contributed by atoms with Crippen molar-refractivity contribution in [3.05, 3.63) is 68.7 Å². The second-order valence-electron chi connectivity index (χ2n) is 4.63. The van der Waals surface area contributed by atoms with Gasteiger partial charge in [0.2, 0.25) is 0 Å². The molecule has 0 saturated carbocycles. The van der Waals surface area contributed by atoms with Crippen LogP contribution in [0, 0.1) is 18.6 Å². The van der Waals surface area contributed by atoms with Crippen LogP contribution in [0.3, 0.4) is 0 Å². The van der Waals surface area contributed by atoms with Crippen LogP contribution in [0.1, 0.15) is 22.7 Å². The SMILES string of the molecule is Cc1cc(C(N)Cc2c(F)cccc2Cl)c(Cl)cc1F. The molecule has 20 heavy (non-hydrogen) atoms. The molecule has 1 atom stereocenters. The van der Waals surface area contributed by atoms with Crippen LogP contribution in [-0.4, -0.2) is 0 Å². The Morgan fingerprint density at radius 1 is 1.10 bits per heavy atom. The van der Waals surface area contributed by atoms with Gasteiger partial charge in [-0.2, -0.15) is 0 Å². The Morgan fingerprint density at radius 2 is 1.80 bits per heavy atom. The van der Waals surface area contributed by atoms with E-state index in [1.165, 1.54) is 18.2 Å². The van der Waals surface area contributed by atoms with Crippen LogP contribution in [0.4, 0.5) is 8.78 Å². The van der Waals surface area contributed by atoms with Gasteiger partial charge in [0.1, 0.15) is 11.6 Å². The molecule has 5 heteroatoms. The minimum atomic E-state index is -0.559. The minimum absolute atomic E-state index is 0.191. The summed E-state index contributed by atoms with van der Waals surface area (Å²) < 4.78 is 27.1. The first-order valence-electron chi connectivity index (χ1n) is 6.04. The monoisotopic (exact) mass is 315 g/mol. The van der Waals surface area contributed by atoms with Gasteiger partial charge in [-0.05, 0) is 42.7 Å². The normalized spacial score (nSPS) is 12.5. The summed E-state index contributed by atoms with van der Waals surface area (Å²) in [6.45, 7) is 1.62. The van der Waals surface area contributed by atoms with Crippen molar-refractivity contribution in [3.8, 4) is 0 Å². The molecule has 0 amide bonds. The molecular weight excluding hydrogens is 303 g/mol. The molecule has 106 valence electrons. The van der Waals surface area contributed by atoms with E-state index >= 15 is 0 Å².